The van der Waals surface area contributed by atoms with E-state index in [2.05, 4.69) is 4.72 Å². The first-order chi connectivity index (χ1) is 12.3. The standard InChI is InChI=1S/C17H17ClFNO5S/c1-24-16-7-2-12(10-15(16)19)11-25-17(21)8-9-20-26(22,23)14-5-3-13(18)4-6-14/h2-7,10,20H,8-9,11H2,1H3. The summed E-state index contributed by atoms with van der Waals surface area (Å²) in [5.74, 6) is -1.08. The number of carbonyl (C=O) groups excluding carboxylic acids is 1. The Hall–Kier alpha value is -2.16. The number of benzene rings is 2. The quantitative estimate of drug-likeness (QED) is 0.688. The lowest BCUT2D eigenvalue weighted by Crippen LogP contribution is -2.26. The maximum absolute atomic E-state index is 13.5. The Kier molecular flexibility index (Phi) is 6.96. The Balaban J connectivity index is 1.80. The first-order valence-corrected chi connectivity index (χ1v) is 9.41. The van der Waals surface area contributed by atoms with Gasteiger partial charge in [-0.3, -0.25) is 4.79 Å². The van der Waals surface area contributed by atoms with E-state index in [4.69, 9.17) is 21.1 Å². The van der Waals surface area contributed by atoms with Crippen molar-refractivity contribution in [2.75, 3.05) is 13.7 Å². The van der Waals surface area contributed by atoms with E-state index in [0.29, 0.717) is 10.6 Å². The van der Waals surface area contributed by atoms with Crippen molar-refractivity contribution in [3.63, 3.8) is 0 Å². The van der Waals surface area contributed by atoms with Crippen molar-refractivity contribution >= 4 is 27.6 Å². The second-order valence-corrected chi connectivity index (χ2v) is 7.43. The van der Waals surface area contributed by atoms with E-state index < -0.39 is 21.8 Å². The van der Waals surface area contributed by atoms with E-state index >= 15 is 0 Å². The molecule has 0 aliphatic carbocycles. The molecule has 0 radical (unpaired) electrons. The molecule has 0 aromatic heterocycles. The summed E-state index contributed by atoms with van der Waals surface area (Å²) in [6.07, 6.45) is -0.161. The van der Waals surface area contributed by atoms with Crippen molar-refractivity contribution in [1.82, 2.24) is 4.72 Å². The number of carbonyl (C=O) groups is 1. The SMILES string of the molecule is COc1ccc(COC(=O)CCNS(=O)(=O)c2ccc(Cl)cc2)cc1F. The van der Waals surface area contributed by atoms with Gasteiger partial charge in [0, 0.05) is 11.6 Å². The van der Waals surface area contributed by atoms with Gasteiger partial charge in [-0.2, -0.15) is 0 Å². The molecule has 0 bridgehead atoms. The zero-order valence-electron chi connectivity index (χ0n) is 13.9. The molecule has 0 spiro atoms. The Morgan fingerprint density at radius 2 is 1.88 bits per heavy atom. The minimum absolute atomic E-state index is 0.0453. The van der Waals surface area contributed by atoms with E-state index in [9.17, 15) is 17.6 Å². The van der Waals surface area contributed by atoms with Crippen LogP contribution in [0.1, 0.15) is 12.0 Å². The van der Waals surface area contributed by atoms with Crippen molar-refractivity contribution < 1.29 is 27.1 Å². The van der Waals surface area contributed by atoms with Gasteiger partial charge in [0.25, 0.3) is 0 Å². The van der Waals surface area contributed by atoms with Gasteiger partial charge < -0.3 is 9.47 Å². The van der Waals surface area contributed by atoms with Gasteiger partial charge in [0.15, 0.2) is 11.6 Å². The van der Waals surface area contributed by atoms with Gasteiger partial charge in [0.2, 0.25) is 10.0 Å². The maximum atomic E-state index is 13.5. The highest BCUT2D eigenvalue weighted by Crippen LogP contribution is 2.18. The predicted octanol–water partition coefficient (Wildman–Crippen LogP) is 2.90. The molecule has 0 aliphatic heterocycles. The van der Waals surface area contributed by atoms with Gasteiger partial charge in [-0.1, -0.05) is 17.7 Å². The van der Waals surface area contributed by atoms with Crippen molar-refractivity contribution in [3.05, 3.63) is 58.9 Å². The number of sulfonamides is 1. The fourth-order valence-corrected chi connectivity index (χ4v) is 3.18. The van der Waals surface area contributed by atoms with Crippen LogP contribution in [0.15, 0.2) is 47.4 Å². The van der Waals surface area contributed by atoms with Gasteiger partial charge in [-0.15, -0.1) is 0 Å². The van der Waals surface area contributed by atoms with Crippen LogP contribution in [0.2, 0.25) is 5.02 Å². The smallest absolute Gasteiger partial charge is 0.307 e. The van der Waals surface area contributed by atoms with Crippen molar-refractivity contribution in [2.24, 2.45) is 0 Å². The highest BCUT2D eigenvalue weighted by molar-refractivity contribution is 7.89. The summed E-state index contributed by atoms with van der Waals surface area (Å²) in [6, 6.07) is 9.84. The van der Waals surface area contributed by atoms with Crippen molar-refractivity contribution in [2.45, 2.75) is 17.9 Å². The Morgan fingerprint density at radius 1 is 1.19 bits per heavy atom. The molecule has 6 nitrogen and oxygen atoms in total. The molecule has 26 heavy (non-hydrogen) atoms. The lowest BCUT2D eigenvalue weighted by atomic mass is 10.2. The number of methoxy groups -OCH3 is 1. The highest BCUT2D eigenvalue weighted by atomic mass is 35.5. The largest absolute Gasteiger partial charge is 0.494 e. The summed E-state index contributed by atoms with van der Waals surface area (Å²) in [5.41, 5.74) is 0.457. The molecular formula is C17H17ClFNO5S. The minimum atomic E-state index is -3.73. The van der Waals surface area contributed by atoms with Crippen molar-refractivity contribution in [3.8, 4) is 5.75 Å². The summed E-state index contributed by atoms with van der Waals surface area (Å²) in [5, 5.41) is 0.419. The van der Waals surface area contributed by atoms with E-state index in [-0.39, 0.29) is 30.2 Å². The topological polar surface area (TPSA) is 81.7 Å². The number of esters is 1. The lowest BCUT2D eigenvalue weighted by molar-refractivity contribution is -0.144. The van der Waals surface area contributed by atoms with Crippen LogP contribution in [0.4, 0.5) is 4.39 Å². The van der Waals surface area contributed by atoms with Crippen LogP contribution in [0.3, 0.4) is 0 Å². The summed E-state index contributed by atoms with van der Waals surface area (Å²) in [4.78, 5) is 11.7. The van der Waals surface area contributed by atoms with Crippen LogP contribution in [0.25, 0.3) is 0 Å². The zero-order valence-corrected chi connectivity index (χ0v) is 15.4. The van der Waals surface area contributed by atoms with Crippen LogP contribution in [0.5, 0.6) is 5.75 Å². The van der Waals surface area contributed by atoms with Gasteiger partial charge in [0.1, 0.15) is 6.61 Å². The maximum Gasteiger partial charge on any atom is 0.307 e. The van der Waals surface area contributed by atoms with Crippen molar-refractivity contribution in [1.29, 1.82) is 0 Å². The molecule has 0 amide bonds. The van der Waals surface area contributed by atoms with Crippen LogP contribution in [-0.4, -0.2) is 28.0 Å². The Morgan fingerprint density at radius 3 is 2.50 bits per heavy atom. The van der Waals surface area contributed by atoms with E-state index in [1.807, 2.05) is 0 Å². The second kappa shape index (κ2) is 8.98. The van der Waals surface area contributed by atoms with Gasteiger partial charge in [-0.25, -0.2) is 17.5 Å². The summed E-state index contributed by atoms with van der Waals surface area (Å²) >= 11 is 5.71. The first kappa shape index (κ1) is 20.2. The number of rotatable bonds is 8. The van der Waals surface area contributed by atoms with Gasteiger partial charge >= 0.3 is 5.97 Å². The van der Waals surface area contributed by atoms with E-state index in [0.717, 1.165) is 0 Å². The Bertz CT molecular complexity index is 871. The zero-order chi connectivity index (χ0) is 19.2. The van der Waals surface area contributed by atoms with E-state index in [1.54, 1.807) is 6.07 Å². The van der Waals surface area contributed by atoms with Gasteiger partial charge in [0.05, 0.1) is 18.4 Å². The third kappa shape index (κ3) is 5.69. The molecule has 0 unspecified atom stereocenters. The monoisotopic (exact) mass is 401 g/mol. The highest BCUT2D eigenvalue weighted by Gasteiger charge is 2.14. The molecule has 2 aromatic carbocycles. The summed E-state index contributed by atoms with van der Waals surface area (Å²) in [7, 11) is -2.38. The average molecular weight is 402 g/mol. The fourth-order valence-electron chi connectivity index (χ4n) is 2.02. The van der Waals surface area contributed by atoms with Crippen LogP contribution < -0.4 is 9.46 Å². The molecule has 0 saturated carbocycles. The molecular weight excluding hydrogens is 385 g/mol. The Labute approximate surface area is 155 Å². The van der Waals surface area contributed by atoms with Crippen LogP contribution in [0, 0.1) is 5.82 Å². The van der Waals surface area contributed by atoms with Crippen LogP contribution in [-0.2, 0) is 26.2 Å². The molecule has 0 fully saturated rings. The number of hydrogen-bond acceptors (Lipinski definition) is 5. The second-order valence-electron chi connectivity index (χ2n) is 5.23. The summed E-state index contributed by atoms with van der Waals surface area (Å²) < 4.78 is 49.7. The predicted molar refractivity (Wildman–Crippen MR) is 94.0 cm³/mol. The average Bonchev–Trinajstić information content (AvgIpc) is 2.60. The molecule has 2 aromatic rings. The molecule has 0 aliphatic rings. The normalized spacial score (nSPS) is 11.2. The summed E-state index contributed by atoms with van der Waals surface area (Å²) in [6.45, 7) is -0.246. The minimum Gasteiger partial charge on any atom is -0.494 e. The number of halogens is 2. The fraction of sp³-hybridized carbons (Fsp3) is 0.235. The number of ether oxygens (including phenoxy) is 2. The third-order valence-electron chi connectivity index (χ3n) is 3.36. The molecule has 0 saturated heterocycles. The lowest BCUT2D eigenvalue weighted by Gasteiger charge is -2.08. The molecule has 0 heterocycles. The van der Waals surface area contributed by atoms with Gasteiger partial charge in [-0.05, 0) is 42.0 Å². The molecule has 1 N–H and O–H groups in total. The molecule has 0 atom stereocenters. The first-order valence-electron chi connectivity index (χ1n) is 7.55. The molecule has 2 rings (SSSR count). The molecule has 140 valence electrons. The third-order valence-corrected chi connectivity index (χ3v) is 5.09. The molecule has 9 heteroatoms. The van der Waals surface area contributed by atoms with Crippen LogP contribution >= 0.6 is 11.6 Å². The number of hydrogen-bond donors (Lipinski definition) is 1. The van der Waals surface area contributed by atoms with E-state index in [1.165, 1.54) is 43.5 Å². The number of nitrogens with one attached hydrogen (secondary N) is 1.